The zero-order valence-corrected chi connectivity index (χ0v) is 21.2. The molecule has 1 N–H and O–H groups in total. The summed E-state index contributed by atoms with van der Waals surface area (Å²) in [4.78, 5) is 26.4. The third-order valence-corrected chi connectivity index (χ3v) is 9.07. The van der Waals surface area contributed by atoms with Gasteiger partial charge in [0.2, 0.25) is 15.9 Å². The average Bonchev–Trinajstić information content (AvgIpc) is 3.32. The van der Waals surface area contributed by atoms with Crippen molar-refractivity contribution in [3.63, 3.8) is 0 Å². The molecule has 36 heavy (non-hydrogen) atoms. The summed E-state index contributed by atoms with van der Waals surface area (Å²) in [5.41, 5.74) is 3.10. The number of hydrogen-bond acceptors (Lipinski definition) is 5. The van der Waals surface area contributed by atoms with Crippen LogP contribution in [-0.2, 0) is 14.8 Å². The van der Waals surface area contributed by atoms with E-state index >= 15 is 0 Å². The fourth-order valence-electron chi connectivity index (χ4n) is 5.18. The Balaban J connectivity index is 1.28. The van der Waals surface area contributed by atoms with Gasteiger partial charge >= 0.3 is 0 Å². The molecule has 2 amide bonds. The number of benzene rings is 1. The third kappa shape index (κ3) is 4.87. The van der Waals surface area contributed by atoms with Crippen LogP contribution in [0.25, 0.3) is 5.52 Å². The van der Waals surface area contributed by atoms with Crippen molar-refractivity contribution in [2.24, 2.45) is 0 Å². The SMILES string of the molecule is CC(=O)Nc1ccc(S(=O)(=O)N2CCC(c3ccn4ncc(C(=O)N5CCCCC5)c4c3)CC2)cc1. The summed E-state index contributed by atoms with van der Waals surface area (Å²) in [6, 6.07) is 10.3. The summed E-state index contributed by atoms with van der Waals surface area (Å²) < 4.78 is 29.6. The lowest BCUT2D eigenvalue weighted by Crippen LogP contribution is -2.37. The second kappa shape index (κ2) is 10.0. The molecule has 0 aliphatic carbocycles. The van der Waals surface area contributed by atoms with E-state index in [1.165, 1.54) is 29.8 Å². The number of sulfonamides is 1. The molecule has 2 aromatic heterocycles. The van der Waals surface area contributed by atoms with E-state index in [2.05, 4.69) is 10.4 Å². The monoisotopic (exact) mass is 509 g/mol. The molecule has 2 aliphatic heterocycles. The molecule has 5 rings (SSSR count). The highest BCUT2D eigenvalue weighted by atomic mass is 32.2. The van der Waals surface area contributed by atoms with Gasteiger partial charge in [0.25, 0.3) is 5.91 Å². The highest BCUT2D eigenvalue weighted by Gasteiger charge is 2.30. The van der Waals surface area contributed by atoms with Crippen LogP contribution < -0.4 is 5.32 Å². The number of aromatic nitrogens is 2. The fourth-order valence-corrected chi connectivity index (χ4v) is 6.64. The lowest BCUT2D eigenvalue weighted by atomic mass is 9.90. The van der Waals surface area contributed by atoms with Crippen molar-refractivity contribution in [3.8, 4) is 0 Å². The average molecular weight is 510 g/mol. The molecule has 1 aromatic carbocycles. The minimum absolute atomic E-state index is 0.0345. The van der Waals surface area contributed by atoms with Crippen molar-refractivity contribution in [1.82, 2.24) is 18.8 Å². The van der Waals surface area contributed by atoms with Crippen molar-refractivity contribution >= 4 is 33.0 Å². The van der Waals surface area contributed by atoms with Crippen molar-refractivity contribution < 1.29 is 18.0 Å². The number of amides is 2. The Labute approximate surface area is 211 Å². The number of pyridine rings is 1. The van der Waals surface area contributed by atoms with E-state index in [1.54, 1.807) is 22.8 Å². The summed E-state index contributed by atoms with van der Waals surface area (Å²) in [5, 5.41) is 7.03. The Morgan fingerprint density at radius 2 is 1.67 bits per heavy atom. The molecule has 3 aromatic rings. The molecule has 190 valence electrons. The van der Waals surface area contributed by atoms with Gasteiger partial charge in [0.15, 0.2) is 0 Å². The maximum atomic E-state index is 13.2. The van der Waals surface area contributed by atoms with Gasteiger partial charge in [-0.25, -0.2) is 12.9 Å². The van der Waals surface area contributed by atoms with Crippen LogP contribution in [0, 0.1) is 0 Å². The summed E-state index contributed by atoms with van der Waals surface area (Å²) in [7, 11) is -3.61. The Kier molecular flexibility index (Phi) is 6.81. The van der Waals surface area contributed by atoms with E-state index in [1.807, 2.05) is 23.2 Å². The van der Waals surface area contributed by atoms with Gasteiger partial charge in [0.05, 0.1) is 22.2 Å². The molecule has 4 heterocycles. The van der Waals surface area contributed by atoms with E-state index < -0.39 is 10.0 Å². The molecule has 10 heteroatoms. The molecular weight excluding hydrogens is 478 g/mol. The number of rotatable bonds is 5. The Morgan fingerprint density at radius 1 is 0.972 bits per heavy atom. The number of likely N-dealkylation sites (tertiary alicyclic amines) is 1. The van der Waals surface area contributed by atoms with E-state index in [4.69, 9.17) is 0 Å². The maximum absolute atomic E-state index is 13.2. The van der Waals surface area contributed by atoms with Gasteiger partial charge in [0.1, 0.15) is 0 Å². The lowest BCUT2D eigenvalue weighted by Gasteiger charge is -2.31. The van der Waals surface area contributed by atoms with Crippen LogP contribution in [0.4, 0.5) is 5.69 Å². The smallest absolute Gasteiger partial charge is 0.257 e. The summed E-state index contributed by atoms with van der Waals surface area (Å²) >= 11 is 0. The second-order valence-corrected chi connectivity index (χ2v) is 11.5. The summed E-state index contributed by atoms with van der Waals surface area (Å²) in [5.74, 6) is 0.0356. The predicted molar refractivity (Wildman–Crippen MR) is 136 cm³/mol. The molecule has 9 nitrogen and oxygen atoms in total. The number of anilines is 1. The molecule has 2 aliphatic rings. The summed E-state index contributed by atoms with van der Waals surface area (Å²) in [6.45, 7) is 3.83. The van der Waals surface area contributed by atoms with E-state index in [-0.39, 0.29) is 22.6 Å². The normalized spacial score (nSPS) is 17.9. The zero-order chi connectivity index (χ0) is 25.3. The van der Waals surface area contributed by atoms with Gasteiger partial charge in [-0.2, -0.15) is 9.40 Å². The van der Waals surface area contributed by atoms with Gasteiger partial charge in [-0.1, -0.05) is 0 Å². The first-order chi connectivity index (χ1) is 17.3. The molecule has 0 saturated carbocycles. The molecule has 0 spiro atoms. The minimum atomic E-state index is -3.61. The standard InChI is InChI=1S/C26H31N5O4S/c1-19(32)28-22-5-7-23(8-6-22)36(34,35)30-14-9-20(10-15-30)21-11-16-31-25(17-21)24(18-27-31)26(33)29-12-3-2-4-13-29/h5-8,11,16-18,20H,2-4,9-10,12-15H2,1H3,(H,28,32). The predicted octanol–water partition coefficient (Wildman–Crippen LogP) is 3.49. The third-order valence-electron chi connectivity index (χ3n) is 7.16. The number of hydrogen-bond donors (Lipinski definition) is 1. The van der Waals surface area contributed by atoms with Crippen LogP contribution in [0.2, 0.25) is 0 Å². The van der Waals surface area contributed by atoms with Crippen LogP contribution in [0.1, 0.15) is 60.9 Å². The van der Waals surface area contributed by atoms with Gasteiger partial charge < -0.3 is 10.2 Å². The molecule has 2 fully saturated rings. The Bertz CT molecular complexity index is 1370. The maximum Gasteiger partial charge on any atom is 0.257 e. The van der Waals surface area contributed by atoms with Crippen LogP contribution in [0.5, 0.6) is 0 Å². The van der Waals surface area contributed by atoms with Crippen molar-refractivity contribution in [2.45, 2.75) is 49.8 Å². The van der Waals surface area contributed by atoms with Crippen molar-refractivity contribution in [3.05, 3.63) is 59.9 Å². The number of nitrogens with zero attached hydrogens (tertiary/aromatic N) is 4. The topological polar surface area (TPSA) is 104 Å². The molecule has 0 unspecified atom stereocenters. The molecule has 0 bridgehead atoms. The Morgan fingerprint density at radius 3 is 2.33 bits per heavy atom. The first-order valence-electron chi connectivity index (χ1n) is 12.5. The van der Waals surface area contributed by atoms with E-state index in [9.17, 15) is 18.0 Å². The Hall–Kier alpha value is -3.24. The molecule has 2 saturated heterocycles. The van der Waals surface area contributed by atoms with Gasteiger partial charge in [0, 0.05) is 45.0 Å². The molecular formula is C26H31N5O4S. The van der Waals surface area contributed by atoms with Crippen molar-refractivity contribution in [1.29, 1.82) is 0 Å². The highest BCUT2D eigenvalue weighted by molar-refractivity contribution is 7.89. The van der Waals surface area contributed by atoms with Crippen molar-refractivity contribution in [2.75, 3.05) is 31.5 Å². The number of carbonyl (C=O) groups is 2. The molecule has 0 radical (unpaired) electrons. The van der Waals surface area contributed by atoms with Crippen LogP contribution >= 0.6 is 0 Å². The number of nitrogens with one attached hydrogen (secondary N) is 1. The number of piperidine rings is 2. The highest BCUT2D eigenvalue weighted by Crippen LogP contribution is 2.32. The second-order valence-electron chi connectivity index (χ2n) is 9.58. The zero-order valence-electron chi connectivity index (χ0n) is 20.4. The van der Waals surface area contributed by atoms with Gasteiger partial charge in [-0.3, -0.25) is 9.59 Å². The van der Waals surface area contributed by atoms with Crippen LogP contribution in [0.3, 0.4) is 0 Å². The summed E-state index contributed by atoms with van der Waals surface area (Å²) in [6.07, 6.45) is 8.18. The quantitative estimate of drug-likeness (QED) is 0.567. The molecule has 0 atom stereocenters. The minimum Gasteiger partial charge on any atom is -0.339 e. The largest absolute Gasteiger partial charge is 0.339 e. The first-order valence-corrected chi connectivity index (χ1v) is 13.9. The van der Waals surface area contributed by atoms with Crippen LogP contribution in [0.15, 0.2) is 53.7 Å². The fraction of sp³-hybridized carbons (Fsp3) is 0.423. The van der Waals surface area contributed by atoms with Gasteiger partial charge in [-0.15, -0.1) is 0 Å². The number of carbonyl (C=O) groups excluding carboxylic acids is 2. The van der Waals surface area contributed by atoms with E-state index in [0.29, 0.717) is 37.2 Å². The van der Waals surface area contributed by atoms with Crippen LogP contribution in [-0.4, -0.2) is 65.2 Å². The first kappa shape index (κ1) is 24.5. The number of fused-ring (bicyclic) bond motifs is 1. The van der Waals surface area contributed by atoms with Gasteiger partial charge in [-0.05, 0) is 80.0 Å². The van der Waals surface area contributed by atoms with E-state index in [0.717, 1.165) is 37.0 Å². The lowest BCUT2D eigenvalue weighted by molar-refractivity contribution is -0.114.